The number of ether oxygens (including phenoxy) is 1. The molecule has 1 aromatic rings. The van der Waals surface area contributed by atoms with Crippen LogP contribution in [0.1, 0.15) is 37.8 Å². The molecule has 112 valence electrons. The Morgan fingerprint density at radius 3 is 2.67 bits per heavy atom. The molecule has 1 heterocycles. The fraction of sp³-hybridized carbons (Fsp3) is 0.500. The Morgan fingerprint density at radius 1 is 1.33 bits per heavy atom. The number of amides is 2. The van der Waals surface area contributed by atoms with Gasteiger partial charge < -0.3 is 9.64 Å². The second kappa shape index (κ2) is 5.76. The number of rotatable bonds is 6. The van der Waals surface area contributed by atoms with Crippen molar-refractivity contribution in [2.24, 2.45) is 5.92 Å². The van der Waals surface area contributed by atoms with Crippen molar-refractivity contribution < 1.29 is 9.53 Å². The Labute approximate surface area is 124 Å². The summed E-state index contributed by atoms with van der Waals surface area (Å²) in [4.78, 5) is 13.8. The highest BCUT2D eigenvalue weighted by molar-refractivity contribution is 6.06. The lowest BCUT2D eigenvalue weighted by Gasteiger charge is -2.23. The van der Waals surface area contributed by atoms with E-state index in [4.69, 9.17) is 10.1 Å². The highest BCUT2D eigenvalue weighted by atomic mass is 16.5. The van der Waals surface area contributed by atoms with Gasteiger partial charge in [-0.3, -0.25) is 10.7 Å². The second-order valence-corrected chi connectivity index (χ2v) is 5.76. The molecule has 2 amide bonds. The maximum absolute atomic E-state index is 12.0. The number of benzene rings is 1. The number of carbonyl (C=O) groups is 1. The van der Waals surface area contributed by atoms with Gasteiger partial charge in [-0.15, -0.1) is 0 Å². The van der Waals surface area contributed by atoms with Crippen molar-refractivity contribution in [3.63, 3.8) is 0 Å². The molecule has 0 bridgehead atoms. The molecule has 1 aliphatic carbocycles. The quantitative estimate of drug-likeness (QED) is 0.845. The topological polar surface area (TPSA) is 65.4 Å². The third-order valence-corrected chi connectivity index (χ3v) is 3.91. The minimum Gasteiger partial charge on any atom is -0.494 e. The van der Waals surface area contributed by atoms with Gasteiger partial charge in [-0.1, -0.05) is 19.1 Å². The summed E-state index contributed by atoms with van der Waals surface area (Å²) in [6.45, 7) is 3.51. The van der Waals surface area contributed by atoms with Gasteiger partial charge >= 0.3 is 6.03 Å². The zero-order valence-electron chi connectivity index (χ0n) is 12.3. The van der Waals surface area contributed by atoms with Gasteiger partial charge in [0.15, 0.2) is 0 Å². The fourth-order valence-corrected chi connectivity index (χ4v) is 2.61. The van der Waals surface area contributed by atoms with E-state index in [-0.39, 0.29) is 17.9 Å². The molecule has 21 heavy (non-hydrogen) atoms. The van der Waals surface area contributed by atoms with E-state index < -0.39 is 0 Å². The SMILES string of the molecule is CCCOc1ccc(C2C(=N)NC(=O)N2CC2CC2)cc1. The number of hydrogen-bond acceptors (Lipinski definition) is 3. The van der Waals surface area contributed by atoms with Crippen LogP contribution in [0.3, 0.4) is 0 Å². The number of amidine groups is 1. The minimum absolute atomic E-state index is 0.150. The number of urea groups is 1. The predicted molar refractivity (Wildman–Crippen MR) is 80.7 cm³/mol. The molecule has 2 fully saturated rings. The smallest absolute Gasteiger partial charge is 0.323 e. The molecule has 5 nitrogen and oxygen atoms in total. The average molecular weight is 287 g/mol. The molecule has 0 aromatic heterocycles. The third-order valence-electron chi connectivity index (χ3n) is 3.91. The van der Waals surface area contributed by atoms with Gasteiger partial charge in [0.2, 0.25) is 0 Å². The van der Waals surface area contributed by atoms with Crippen LogP contribution in [-0.2, 0) is 0 Å². The zero-order valence-corrected chi connectivity index (χ0v) is 12.3. The molecule has 1 unspecified atom stereocenters. The molecule has 0 radical (unpaired) electrons. The highest BCUT2D eigenvalue weighted by Gasteiger charge is 2.39. The van der Waals surface area contributed by atoms with Gasteiger partial charge in [0.1, 0.15) is 17.6 Å². The van der Waals surface area contributed by atoms with Crippen LogP contribution in [0, 0.1) is 11.3 Å². The van der Waals surface area contributed by atoms with E-state index in [2.05, 4.69) is 12.2 Å². The minimum atomic E-state index is -0.279. The number of nitrogens with one attached hydrogen (secondary N) is 2. The van der Waals surface area contributed by atoms with Crippen molar-refractivity contribution in [3.05, 3.63) is 29.8 Å². The molecule has 0 spiro atoms. The van der Waals surface area contributed by atoms with Crippen molar-refractivity contribution in [1.82, 2.24) is 10.2 Å². The van der Waals surface area contributed by atoms with E-state index in [9.17, 15) is 4.79 Å². The van der Waals surface area contributed by atoms with E-state index >= 15 is 0 Å². The number of hydrogen-bond donors (Lipinski definition) is 2. The maximum atomic E-state index is 12.0. The van der Waals surface area contributed by atoms with Gasteiger partial charge in [-0.25, -0.2) is 4.79 Å². The normalized spacial score (nSPS) is 21.6. The third kappa shape index (κ3) is 3.01. The van der Waals surface area contributed by atoms with Crippen LogP contribution in [0.25, 0.3) is 0 Å². The lowest BCUT2D eigenvalue weighted by Crippen LogP contribution is -2.31. The molecule has 2 N–H and O–H groups in total. The first-order valence-electron chi connectivity index (χ1n) is 7.58. The Kier molecular flexibility index (Phi) is 3.82. The van der Waals surface area contributed by atoms with Crippen molar-refractivity contribution in [2.75, 3.05) is 13.2 Å². The van der Waals surface area contributed by atoms with E-state index in [1.165, 1.54) is 12.8 Å². The lowest BCUT2D eigenvalue weighted by atomic mass is 10.1. The highest BCUT2D eigenvalue weighted by Crippen LogP contribution is 2.35. The molecule has 2 aliphatic rings. The standard InChI is InChI=1S/C16H21N3O2/c1-2-9-21-13-7-5-12(6-8-13)14-15(17)18-16(20)19(14)10-11-3-4-11/h5-8,11,14H,2-4,9-10H2,1H3,(H2,17,18,20). The first-order valence-corrected chi connectivity index (χ1v) is 7.58. The van der Waals surface area contributed by atoms with Gasteiger partial charge in [-0.2, -0.15) is 0 Å². The van der Waals surface area contributed by atoms with Crippen LogP contribution in [0.5, 0.6) is 5.75 Å². The summed E-state index contributed by atoms with van der Waals surface area (Å²) < 4.78 is 5.57. The molecular weight excluding hydrogens is 266 g/mol. The van der Waals surface area contributed by atoms with E-state index in [0.29, 0.717) is 12.5 Å². The average Bonchev–Trinajstić information content (AvgIpc) is 3.24. The summed E-state index contributed by atoms with van der Waals surface area (Å²) in [5.41, 5.74) is 0.961. The van der Waals surface area contributed by atoms with E-state index in [1.807, 2.05) is 24.3 Å². The molecular formula is C16H21N3O2. The van der Waals surface area contributed by atoms with Crippen LogP contribution in [0.15, 0.2) is 24.3 Å². The summed E-state index contributed by atoms with van der Waals surface area (Å²) in [6.07, 6.45) is 3.35. The number of nitrogens with zero attached hydrogens (tertiary/aromatic N) is 1. The molecule has 1 aliphatic heterocycles. The molecule has 1 saturated heterocycles. The first-order chi connectivity index (χ1) is 10.2. The molecule has 5 heteroatoms. The second-order valence-electron chi connectivity index (χ2n) is 5.76. The largest absolute Gasteiger partial charge is 0.494 e. The molecule has 1 saturated carbocycles. The Bertz CT molecular complexity index is 537. The number of carbonyl (C=O) groups excluding carboxylic acids is 1. The Morgan fingerprint density at radius 2 is 2.05 bits per heavy atom. The maximum Gasteiger partial charge on any atom is 0.323 e. The first kappa shape index (κ1) is 13.9. The summed E-state index contributed by atoms with van der Waals surface area (Å²) >= 11 is 0. The zero-order chi connectivity index (χ0) is 14.8. The summed E-state index contributed by atoms with van der Waals surface area (Å²) in [5, 5.41) is 10.7. The molecule has 3 rings (SSSR count). The summed E-state index contributed by atoms with van der Waals surface area (Å²) in [6, 6.07) is 7.29. The predicted octanol–water partition coefficient (Wildman–Crippen LogP) is 2.93. The van der Waals surface area contributed by atoms with Gasteiger partial charge in [0, 0.05) is 6.54 Å². The van der Waals surface area contributed by atoms with Crippen LogP contribution in [0.2, 0.25) is 0 Å². The van der Waals surface area contributed by atoms with Crippen molar-refractivity contribution >= 4 is 11.9 Å². The van der Waals surface area contributed by atoms with Gasteiger partial charge in [0.25, 0.3) is 0 Å². The lowest BCUT2D eigenvalue weighted by molar-refractivity contribution is 0.203. The van der Waals surface area contributed by atoms with Crippen LogP contribution in [0.4, 0.5) is 4.79 Å². The fourth-order valence-electron chi connectivity index (χ4n) is 2.61. The Hall–Kier alpha value is -2.04. The van der Waals surface area contributed by atoms with Gasteiger partial charge in [-0.05, 0) is 42.9 Å². The van der Waals surface area contributed by atoms with Crippen molar-refractivity contribution in [2.45, 2.75) is 32.2 Å². The Balaban J connectivity index is 1.76. The van der Waals surface area contributed by atoms with Crippen molar-refractivity contribution in [1.29, 1.82) is 5.41 Å². The summed E-state index contributed by atoms with van der Waals surface area (Å²) in [7, 11) is 0. The van der Waals surface area contributed by atoms with E-state index in [0.717, 1.165) is 24.3 Å². The van der Waals surface area contributed by atoms with Crippen molar-refractivity contribution in [3.8, 4) is 5.75 Å². The van der Waals surface area contributed by atoms with E-state index in [1.54, 1.807) is 4.90 Å². The van der Waals surface area contributed by atoms with Crippen LogP contribution < -0.4 is 10.1 Å². The van der Waals surface area contributed by atoms with Crippen LogP contribution in [-0.4, -0.2) is 29.9 Å². The van der Waals surface area contributed by atoms with Crippen LogP contribution >= 0.6 is 0 Å². The monoisotopic (exact) mass is 287 g/mol. The van der Waals surface area contributed by atoms with Gasteiger partial charge in [0.05, 0.1) is 6.61 Å². The molecule has 1 aromatic carbocycles. The summed E-state index contributed by atoms with van der Waals surface area (Å²) in [5.74, 6) is 1.71. The molecule has 1 atom stereocenters.